The number of carbonyl (C=O) groups excluding carboxylic acids is 2. The highest BCUT2D eigenvalue weighted by molar-refractivity contribution is 5.76. The Morgan fingerprint density at radius 2 is 0.505 bits per heavy atom. The van der Waals surface area contributed by atoms with Crippen LogP contribution in [0.3, 0.4) is 0 Å². The number of hydrogen-bond acceptors (Lipinski definition) is 5. The smallest absolute Gasteiger partial charge is 0.305 e. The summed E-state index contributed by atoms with van der Waals surface area (Å²) < 4.78 is 5.51. The summed E-state index contributed by atoms with van der Waals surface area (Å²) >= 11 is 0. The first-order valence-electron chi connectivity index (χ1n) is 42.8. The quantitative estimate of drug-likeness (QED) is 0.0320. The van der Waals surface area contributed by atoms with Crippen molar-refractivity contribution in [2.75, 3.05) is 13.2 Å². The summed E-state index contributed by atoms with van der Waals surface area (Å²) in [5.74, 6) is -0.0428. The van der Waals surface area contributed by atoms with Gasteiger partial charge in [0.25, 0.3) is 0 Å². The number of aliphatic hydroxyl groups is 2. The number of aliphatic hydroxyl groups excluding tert-OH is 2. The van der Waals surface area contributed by atoms with E-state index < -0.39 is 12.1 Å². The maximum atomic E-state index is 12.6. The normalized spacial score (nSPS) is 12.6. The molecule has 0 bridgehead atoms. The average Bonchev–Trinajstić information content (AvgIpc) is 3.78. The highest BCUT2D eigenvalue weighted by Crippen LogP contribution is 2.20. The van der Waals surface area contributed by atoms with E-state index in [2.05, 4.69) is 43.5 Å². The van der Waals surface area contributed by atoms with E-state index in [1.165, 1.54) is 411 Å². The zero-order valence-electron chi connectivity index (χ0n) is 63.3. The zero-order chi connectivity index (χ0) is 67.0. The first-order chi connectivity index (χ1) is 46.0. The summed E-state index contributed by atoms with van der Waals surface area (Å²) in [5.41, 5.74) is 0. The van der Waals surface area contributed by atoms with E-state index in [9.17, 15) is 19.8 Å². The van der Waals surface area contributed by atoms with Gasteiger partial charge in [-0.15, -0.1) is 0 Å². The van der Waals surface area contributed by atoms with E-state index >= 15 is 0 Å². The average molecular weight is 1310 g/mol. The fourth-order valence-electron chi connectivity index (χ4n) is 13.6. The van der Waals surface area contributed by atoms with Crippen molar-refractivity contribution in [3.05, 3.63) is 36.5 Å². The molecule has 0 aliphatic carbocycles. The second-order valence-electron chi connectivity index (χ2n) is 29.5. The molecule has 2 unspecified atom stereocenters. The molecule has 3 N–H and O–H groups in total. The van der Waals surface area contributed by atoms with Crippen LogP contribution in [0, 0.1) is 0 Å². The number of carbonyl (C=O) groups is 2. The largest absolute Gasteiger partial charge is 0.466 e. The van der Waals surface area contributed by atoms with E-state index in [1.54, 1.807) is 6.08 Å². The molecule has 550 valence electrons. The Balaban J connectivity index is 3.37. The Hall–Kier alpha value is -1.92. The molecule has 1 amide bonds. The first-order valence-corrected chi connectivity index (χ1v) is 42.8. The van der Waals surface area contributed by atoms with Crippen molar-refractivity contribution in [2.24, 2.45) is 0 Å². The minimum absolute atomic E-state index is 0.0166. The van der Waals surface area contributed by atoms with Gasteiger partial charge in [-0.1, -0.05) is 423 Å². The Morgan fingerprint density at radius 3 is 0.763 bits per heavy atom. The van der Waals surface area contributed by atoms with Crippen LogP contribution in [0.5, 0.6) is 0 Å². The second kappa shape index (κ2) is 82.5. The Labute approximate surface area is 583 Å². The summed E-state index contributed by atoms with van der Waals surface area (Å²) in [5, 5.41) is 23.3. The Kier molecular flexibility index (Phi) is 80.8. The number of amides is 1. The molecule has 6 heteroatoms. The number of rotatable bonds is 81. The van der Waals surface area contributed by atoms with Crippen molar-refractivity contribution in [1.82, 2.24) is 5.32 Å². The topological polar surface area (TPSA) is 95.9 Å². The number of nitrogens with one attached hydrogen (secondary N) is 1. The fourth-order valence-corrected chi connectivity index (χ4v) is 13.6. The maximum absolute atomic E-state index is 12.6. The molecule has 0 fully saturated rings. The van der Waals surface area contributed by atoms with Crippen molar-refractivity contribution in [2.45, 2.75) is 495 Å². The molecule has 0 aliphatic heterocycles. The van der Waals surface area contributed by atoms with Gasteiger partial charge in [0, 0.05) is 12.8 Å². The van der Waals surface area contributed by atoms with Crippen molar-refractivity contribution in [3.8, 4) is 0 Å². The number of hydrogen-bond donors (Lipinski definition) is 3. The molecule has 0 saturated carbocycles. The van der Waals surface area contributed by atoms with Gasteiger partial charge < -0.3 is 20.3 Å². The predicted molar refractivity (Wildman–Crippen MR) is 412 cm³/mol. The Bertz CT molecular complexity index is 1510. The SMILES string of the molecule is CCCCCCCCC/C=C\CCCCCCCCCC(=O)OCCCCCCCCCCCCCC/C=C\CCCCCCCCCCCCCCCCCCCC(=O)NC(CO)C(O)/C=C/CCCCCCCCCCCCCCCCCCCCCCCCC. The molecule has 0 aromatic heterocycles. The van der Waals surface area contributed by atoms with Crippen LogP contribution in [0.15, 0.2) is 36.5 Å². The third kappa shape index (κ3) is 79.0. The molecule has 2 atom stereocenters. The van der Waals surface area contributed by atoms with Gasteiger partial charge in [0.05, 0.1) is 25.4 Å². The molecule has 0 aliphatic rings. The van der Waals surface area contributed by atoms with Crippen LogP contribution in [0.1, 0.15) is 483 Å². The second-order valence-corrected chi connectivity index (χ2v) is 29.5. The molecular formula is C87H167NO5. The van der Waals surface area contributed by atoms with Gasteiger partial charge in [0.15, 0.2) is 0 Å². The van der Waals surface area contributed by atoms with Gasteiger partial charge in [-0.25, -0.2) is 0 Å². The van der Waals surface area contributed by atoms with Crippen LogP contribution in [-0.4, -0.2) is 47.4 Å². The van der Waals surface area contributed by atoms with Crippen LogP contribution >= 0.6 is 0 Å². The molecule has 0 spiro atoms. The lowest BCUT2D eigenvalue weighted by Crippen LogP contribution is -2.45. The summed E-state index contributed by atoms with van der Waals surface area (Å²) in [6, 6.07) is -0.627. The number of allylic oxidation sites excluding steroid dienone is 5. The summed E-state index contributed by atoms with van der Waals surface area (Å²) in [4.78, 5) is 24.7. The molecule has 93 heavy (non-hydrogen) atoms. The third-order valence-corrected chi connectivity index (χ3v) is 20.1. The zero-order valence-corrected chi connectivity index (χ0v) is 63.3. The van der Waals surface area contributed by atoms with Crippen LogP contribution in [0.4, 0.5) is 0 Å². The van der Waals surface area contributed by atoms with Crippen LogP contribution in [0.25, 0.3) is 0 Å². The third-order valence-electron chi connectivity index (χ3n) is 20.1. The molecular weight excluding hydrogens is 1140 g/mol. The molecule has 0 heterocycles. The summed E-state index contributed by atoms with van der Waals surface area (Å²) in [7, 11) is 0. The van der Waals surface area contributed by atoms with Gasteiger partial charge in [-0.05, 0) is 83.5 Å². The number of unbranched alkanes of at least 4 members (excludes halogenated alkanes) is 66. The number of ether oxygens (including phenoxy) is 1. The van der Waals surface area contributed by atoms with E-state index in [1.807, 2.05) is 6.08 Å². The molecule has 6 nitrogen and oxygen atoms in total. The standard InChI is InChI=1S/C87H167NO5/c1-3-5-7-9-11-13-15-17-19-21-23-24-25-35-38-41-44-47-51-55-59-63-67-71-75-79-85(90)84(83-89)88-86(91)80-76-72-68-64-60-56-52-48-45-42-39-36-33-31-29-27-26-28-30-32-34-37-40-43-46-50-54-58-62-66-70-74-78-82-93-87(92)81-77-73-69-65-61-57-53-49-22-20-18-16-14-12-10-8-6-4-2/h20,22,30,32,75,79,84-85,89-90H,3-19,21,23-29,31,33-74,76-78,80-83H2,1-2H3,(H,88,91)/b22-20-,32-30-,79-75+. The van der Waals surface area contributed by atoms with Crippen LogP contribution < -0.4 is 5.32 Å². The van der Waals surface area contributed by atoms with Crippen molar-refractivity contribution < 1.29 is 24.5 Å². The fraction of sp³-hybridized carbons (Fsp3) is 0.908. The van der Waals surface area contributed by atoms with Gasteiger partial charge in [0.2, 0.25) is 5.91 Å². The lowest BCUT2D eigenvalue weighted by molar-refractivity contribution is -0.143. The van der Waals surface area contributed by atoms with Crippen molar-refractivity contribution in [1.29, 1.82) is 0 Å². The van der Waals surface area contributed by atoms with Gasteiger partial charge in [-0.3, -0.25) is 9.59 Å². The van der Waals surface area contributed by atoms with E-state index in [0.717, 1.165) is 44.9 Å². The van der Waals surface area contributed by atoms with Crippen LogP contribution in [-0.2, 0) is 14.3 Å². The van der Waals surface area contributed by atoms with E-state index in [-0.39, 0.29) is 18.5 Å². The minimum atomic E-state index is -0.844. The van der Waals surface area contributed by atoms with E-state index in [0.29, 0.717) is 19.4 Å². The van der Waals surface area contributed by atoms with E-state index in [4.69, 9.17) is 4.74 Å². The molecule has 0 saturated heterocycles. The summed E-state index contributed by atoms with van der Waals surface area (Å²) in [6.07, 6.45) is 109. The van der Waals surface area contributed by atoms with Crippen LogP contribution in [0.2, 0.25) is 0 Å². The van der Waals surface area contributed by atoms with Gasteiger partial charge >= 0.3 is 5.97 Å². The van der Waals surface area contributed by atoms with Crippen molar-refractivity contribution >= 4 is 11.9 Å². The minimum Gasteiger partial charge on any atom is -0.466 e. The Morgan fingerprint density at radius 1 is 0.290 bits per heavy atom. The maximum Gasteiger partial charge on any atom is 0.305 e. The lowest BCUT2D eigenvalue weighted by Gasteiger charge is -2.20. The monoisotopic (exact) mass is 1310 g/mol. The molecule has 0 rings (SSSR count). The molecule has 0 radical (unpaired) electrons. The molecule has 0 aromatic carbocycles. The van der Waals surface area contributed by atoms with Gasteiger partial charge in [-0.2, -0.15) is 0 Å². The highest BCUT2D eigenvalue weighted by Gasteiger charge is 2.18. The lowest BCUT2D eigenvalue weighted by atomic mass is 10.0. The first kappa shape index (κ1) is 91.1. The van der Waals surface area contributed by atoms with Gasteiger partial charge in [0.1, 0.15) is 0 Å². The highest BCUT2D eigenvalue weighted by atomic mass is 16.5. The predicted octanol–water partition coefficient (Wildman–Crippen LogP) is 28.6. The molecule has 0 aromatic rings. The van der Waals surface area contributed by atoms with Crippen molar-refractivity contribution in [3.63, 3.8) is 0 Å². The summed E-state index contributed by atoms with van der Waals surface area (Å²) in [6.45, 7) is 4.96. The number of esters is 1.